The van der Waals surface area contributed by atoms with E-state index in [4.69, 9.17) is 5.73 Å². The Bertz CT molecular complexity index is 190. The van der Waals surface area contributed by atoms with Gasteiger partial charge in [0.05, 0.1) is 12.7 Å². The van der Waals surface area contributed by atoms with Gasteiger partial charge in [0.15, 0.2) is 0 Å². The zero-order chi connectivity index (χ0) is 7.23. The van der Waals surface area contributed by atoms with Crippen LogP contribution in [0.25, 0.3) is 0 Å². The van der Waals surface area contributed by atoms with Crippen molar-refractivity contribution in [2.24, 2.45) is 10.7 Å². The molecule has 0 unspecified atom stereocenters. The molecule has 4 heteroatoms. The van der Waals surface area contributed by atoms with Crippen LogP contribution in [0.2, 0.25) is 0 Å². The summed E-state index contributed by atoms with van der Waals surface area (Å²) in [4.78, 5) is 10.7. The molecule has 4 nitrogen and oxygen atoms in total. The van der Waals surface area contributed by atoms with E-state index in [1.54, 1.807) is 12.5 Å². The van der Waals surface area contributed by atoms with Gasteiger partial charge in [0.2, 0.25) is 0 Å². The van der Waals surface area contributed by atoms with Crippen molar-refractivity contribution >= 4 is 6.34 Å². The minimum Gasteiger partial charge on any atom is -0.390 e. The number of rotatable bonds is 3. The van der Waals surface area contributed by atoms with E-state index in [1.807, 2.05) is 0 Å². The van der Waals surface area contributed by atoms with Gasteiger partial charge in [-0.15, -0.1) is 0 Å². The summed E-state index contributed by atoms with van der Waals surface area (Å²) in [5, 5.41) is 0. The van der Waals surface area contributed by atoms with Crippen LogP contribution in [0.4, 0.5) is 0 Å². The second-order valence-electron chi connectivity index (χ2n) is 1.88. The summed E-state index contributed by atoms with van der Waals surface area (Å²) in [6, 6.07) is 0. The minimum absolute atomic E-state index is 0.721. The quantitative estimate of drug-likeness (QED) is 0.454. The molecule has 0 aromatic carbocycles. The van der Waals surface area contributed by atoms with Gasteiger partial charge in [-0.05, 0) is 0 Å². The number of hydrogen-bond donors (Lipinski definition) is 2. The van der Waals surface area contributed by atoms with Crippen LogP contribution in [-0.4, -0.2) is 22.9 Å². The van der Waals surface area contributed by atoms with Gasteiger partial charge in [0.25, 0.3) is 0 Å². The minimum atomic E-state index is 0.721. The Labute approximate surface area is 59.2 Å². The van der Waals surface area contributed by atoms with Crippen LogP contribution in [-0.2, 0) is 6.42 Å². The third-order valence-electron chi connectivity index (χ3n) is 1.17. The predicted octanol–water partition coefficient (Wildman–Crippen LogP) is -0.0608. The lowest BCUT2D eigenvalue weighted by Gasteiger charge is -1.88. The smallest absolute Gasteiger partial charge is 0.0921 e. The summed E-state index contributed by atoms with van der Waals surface area (Å²) >= 11 is 0. The molecule has 3 N–H and O–H groups in total. The fraction of sp³-hybridized carbons (Fsp3) is 0.333. The SMILES string of the molecule is NC=NCCc1cnc[nH]1. The number of aliphatic imine (C=N–C) groups is 1. The highest BCUT2D eigenvalue weighted by Gasteiger charge is 1.89. The van der Waals surface area contributed by atoms with E-state index in [0.717, 1.165) is 18.7 Å². The number of imidazole rings is 1. The summed E-state index contributed by atoms with van der Waals surface area (Å²) in [7, 11) is 0. The van der Waals surface area contributed by atoms with E-state index >= 15 is 0 Å². The number of hydrogen-bond acceptors (Lipinski definition) is 2. The van der Waals surface area contributed by atoms with Crippen LogP contribution >= 0.6 is 0 Å². The van der Waals surface area contributed by atoms with Crippen LogP contribution in [0, 0.1) is 0 Å². The van der Waals surface area contributed by atoms with Gasteiger partial charge in [-0.25, -0.2) is 4.98 Å². The molecule has 1 aromatic heterocycles. The molecule has 1 rings (SSSR count). The number of aromatic amines is 1. The average molecular weight is 138 g/mol. The van der Waals surface area contributed by atoms with Crippen molar-refractivity contribution in [3.05, 3.63) is 18.2 Å². The maximum absolute atomic E-state index is 5.05. The first kappa shape index (κ1) is 6.80. The molecule has 0 saturated carbocycles. The van der Waals surface area contributed by atoms with Gasteiger partial charge in [-0.2, -0.15) is 0 Å². The zero-order valence-corrected chi connectivity index (χ0v) is 5.62. The Morgan fingerprint density at radius 3 is 3.30 bits per heavy atom. The van der Waals surface area contributed by atoms with Crippen LogP contribution < -0.4 is 5.73 Å². The van der Waals surface area contributed by atoms with Crippen LogP contribution in [0.1, 0.15) is 5.69 Å². The standard InChI is InChI=1S/C6H10N4/c7-4-8-2-1-6-3-9-5-10-6/h3-5H,1-2H2,(H2,7,8)(H,9,10). The molecule has 0 atom stereocenters. The third kappa shape index (κ3) is 1.89. The van der Waals surface area contributed by atoms with Gasteiger partial charge in [0, 0.05) is 24.9 Å². The normalized spacial score (nSPS) is 10.8. The van der Waals surface area contributed by atoms with Gasteiger partial charge >= 0.3 is 0 Å². The summed E-state index contributed by atoms with van der Waals surface area (Å²) in [5.74, 6) is 0. The Morgan fingerprint density at radius 2 is 2.70 bits per heavy atom. The van der Waals surface area contributed by atoms with Crippen LogP contribution in [0.5, 0.6) is 0 Å². The van der Waals surface area contributed by atoms with E-state index in [-0.39, 0.29) is 0 Å². The van der Waals surface area contributed by atoms with Crippen molar-refractivity contribution in [3.63, 3.8) is 0 Å². The van der Waals surface area contributed by atoms with E-state index in [0.29, 0.717) is 0 Å². The first-order valence-corrected chi connectivity index (χ1v) is 3.11. The molecule has 54 valence electrons. The summed E-state index contributed by atoms with van der Waals surface area (Å²) in [6.07, 6.45) is 5.62. The maximum Gasteiger partial charge on any atom is 0.0921 e. The van der Waals surface area contributed by atoms with Crippen molar-refractivity contribution in [3.8, 4) is 0 Å². The molecule has 1 aromatic rings. The van der Waals surface area contributed by atoms with Gasteiger partial charge in [0.1, 0.15) is 0 Å². The fourth-order valence-corrected chi connectivity index (χ4v) is 0.681. The molecule has 0 spiro atoms. The summed E-state index contributed by atoms with van der Waals surface area (Å²) in [6.45, 7) is 0.721. The second-order valence-corrected chi connectivity index (χ2v) is 1.88. The molecule has 10 heavy (non-hydrogen) atoms. The average Bonchev–Trinajstić information content (AvgIpc) is 2.41. The van der Waals surface area contributed by atoms with Crippen molar-refractivity contribution in [2.75, 3.05) is 6.54 Å². The lowest BCUT2D eigenvalue weighted by Crippen LogP contribution is -1.94. The Hall–Kier alpha value is -1.32. The Morgan fingerprint density at radius 1 is 1.80 bits per heavy atom. The lowest BCUT2D eigenvalue weighted by atomic mass is 10.3. The van der Waals surface area contributed by atoms with Crippen molar-refractivity contribution in [2.45, 2.75) is 6.42 Å². The summed E-state index contributed by atoms with van der Waals surface area (Å²) < 4.78 is 0. The molecule has 0 fully saturated rings. The molecular formula is C6H10N4. The topological polar surface area (TPSA) is 67.1 Å². The largest absolute Gasteiger partial charge is 0.390 e. The maximum atomic E-state index is 5.05. The first-order valence-electron chi connectivity index (χ1n) is 3.11. The van der Waals surface area contributed by atoms with E-state index < -0.39 is 0 Å². The van der Waals surface area contributed by atoms with Gasteiger partial charge in [-0.3, -0.25) is 4.99 Å². The number of nitrogens with zero attached hydrogens (tertiary/aromatic N) is 2. The molecule has 0 amide bonds. The van der Waals surface area contributed by atoms with E-state index in [9.17, 15) is 0 Å². The monoisotopic (exact) mass is 138 g/mol. The van der Waals surface area contributed by atoms with Gasteiger partial charge < -0.3 is 10.7 Å². The second kappa shape index (κ2) is 3.66. The van der Waals surface area contributed by atoms with E-state index in [2.05, 4.69) is 15.0 Å². The zero-order valence-electron chi connectivity index (χ0n) is 5.62. The van der Waals surface area contributed by atoms with Gasteiger partial charge in [-0.1, -0.05) is 0 Å². The number of nitrogens with two attached hydrogens (primary N) is 1. The summed E-state index contributed by atoms with van der Waals surface area (Å²) in [5.41, 5.74) is 6.14. The third-order valence-corrected chi connectivity index (χ3v) is 1.17. The molecule has 0 aliphatic heterocycles. The first-order chi connectivity index (χ1) is 4.93. The predicted molar refractivity (Wildman–Crippen MR) is 39.8 cm³/mol. The van der Waals surface area contributed by atoms with Crippen molar-refractivity contribution in [1.29, 1.82) is 0 Å². The van der Waals surface area contributed by atoms with Crippen LogP contribution in [0.15, 0.2) is 17.5 Å². The molecule has 0 saturated heterocycles. The van der Waals surface area contributed by atoms with Crippen molar-refractivity contribution in [1.82, 2.24) is 9.97 Å². The van der Waals surface area contributed by atoms with Crippen LogP contribution in [0.3, 0.4) is 0 Å². The molecule has 0 aliphatic carbocycles. The van der Waals surface area contributed by atoms with E-state index in [1.165, 1.54) is 6.34 Å². The molecule has 0 radical (unpaired) electrons. The highest BCUT2D eigenvalue weighted by atomic mass is 14.9. The number of nitrogens with one attached hydrogen (secondary N) is 1. The van der Waals surface area contributed by atoms with Crippen molar-refractivity contribution < 1.29 is 0 Å². The molecule has 1 heterocycles. The Kier molecular flexibility index (Phi) is 2.49. The highest BCUT2D eigenvalue weighted by molar-refractivity contribution is 5.51. The fourth-order valence-electron chi connectivity index (χ4n) is 0.681. The molecule has 0 aliphatic rings. The number of H-pyrrole nitrogens is 1. The number of aromatic nitrogens is 2. The Balaban J connectivity index is 2.28. The highest BCUT2D eigenvalue weighted by Crippen LogP contribution is 1.91. The molecular weight excluding hydrogens is 128 g/mol. The molecule has 0 bridgehead atoms. The lowest BCUT2D eigenvalue weighted by molar-refractivity contribution is 0.937.